The van der Waals surface area contributed by atoms with Crippen LogP contribution in [0.3, 0.4) is 0 Å². The highest BCUT2D eigenvalue weighted by Gasteiger charge is 2.18. The van der Waals surface area contributed by atoms with E-state index < -0.39 is 0 Å². The number of para-hydroxylation sites is 1. The monoisotopic (exact) mass is 272 g/mol. The summed E-state index contributed by atoms with van der Waals surface area (Å²) in [7, 11) is 0. The van der Waals surface area contributed by atoms with Gasteiger partial charge in [-0.25, -0.2) is 0 Å². The number of aryl methyl sites for hydroxylation is 3. The van der Waals surface area contributed by atoms with Gasteiger partial charge in [-0.1, -0.05) is 32.0 Å². The average molecular weight is 272 g/mol. The van der Waals surface area contributed by atoms with E-state index in [0.717, 1.165) is 35.3 Å². The summed E-state index contributed by atoms with van der Waals surface area (Å²) in [6, 6.07) is 5.97. The second-order valence-electron chi connectivity index (χ2n) is 4.73. The molecule has 5 heteroatoms. The maximum atomic E-state index is 12.3. The molecule has 0 spiro atoms. The van der Waals surface area contributed by atoms with Crippen LogP contribution in [0, 0.1) is 6.92 Å². The molecule has 0 saturated heterocycles. The van der Waals surface area contributed by atoms with E-state index in [1.54, 1.807) is 0 Å². The first-order valence-electron chi connectivity index (χ1n) is 6.81. The molecule has 1 amide bonds. The van der Waals surface area contributed by atoms with Gasteiger partial charge in [-0.15, -0.1) is 0 Å². The minimum atomic E-state index is -0.276. The number of nitrogen functional groups attached to an aromatic ring is 1. The van der Waals surface area contributed by atoms with Crippen molar-refractivity contribution in [1.82, 2.24) is 10.2 Å². The number of benzene rings is 1. The van der Waals surface area contributed by atoms with Gasteiger partial charge in [-0.2, -0.15) is 5.10 Å². The fourth-order valence-corrected chi connectivity index (χ4v) is 2.20. The Morgan fingerprint density at radius 1 is 1.35 bits per heavy atom. The molecule has 4 N–H and O–H groups in total. The van der Waals surface area contributed by atoms with Crippen molar-refractivity contribution in [3.8, 4) is 0 Å². The van der Waals surface area contributed by atoms with Gasteiger partial charge in [0, 0.05) is 5.69 Å². The summed E-state index contributed by atoms with van der Waals surface area (Å²) in [4.78, 5) is 12.3. The number of H-pyrrole nitrogens is 1. The highest BCUT2D eigenvalue weighted by molar-refractivity contribution is 6.07. The number of carbonyl (C=O) groups excluding carboxylic acids is 1. The number of rotatable bonds is 4. The molecule has 0 atom stereocenters. The van der Waals surface area contributed by atoms with Gasteiger partial charge in [0.25, 0.3) is 5.91 Å². The van der Waals surface area contributed by atoms with E-state index in [0.29, 0.717) is 5.69 Å². The quantitative estimate of drug-likeness (QED) is 0.800. The first kappa shape index (κ1) is 14.1. The lowest BCUT2D eigenvalue weighted by molar-refractivity contribution is 0.102. The van der Waals surface area contributed by atoms with Gasteiger partial charge < -0.3 is 11.1 Å². The summed E-state index contributed by atoms with van der Waals surface area (Å²) in [5.41, 5.74) is 10.4. The molecule has 0 bridgehead atoms. The van der Waals surface area contributed by atoms with E-state index in [9.17, 15) is 4.79 Å². The number of anilines is 2. The smallest absolute Gasteiger partial charge is 0.278 e. The van der Waals surface area contributed by atoms with Crippen molar-refractivity contribution >= 4 is 17.3 Å². The molecule has 2 aromatic rings. The number of nitrogens with one attached hydrogen (secondary N) is 2. The van der Waals surface area contributed by atoms with E-state index in [2.05, 4.69) is 22.4 Å². The van der Waals surface area contributed by atoms with Crippen molar-refractivity contribution in [2.45, 2.75) is 33.6 Å². The van der Waals surface area contributed by atoms with Crippen LogP contribution < -0.4 is 11.1 Å². The maximum Gasteiger partial charge on any atom is 0.278 e. The Balaban J connectivity index is 2.30. The van der Waals surface area contributed by atoms with Crippen molar-refractivity contribution in [3.63, 3.8) is 0 Å². The molecule has 0 fully saturated rings. The fourth-order valence-electron chi connectivity index (χ4n) is 2.20. The molecule has 2 rings (SSSR count). The number of amides is 1. The number of hydrogen-bond donors (Lipinski definition) is 3. The highest BCUT2D eigenvalue weighted by atomic mass is 16.2. The molecule has 106 valence electrons. The summed E-state index contributed by atoms with van der Waals surface area (Å²) in [5, 5.41) is 9.73. The normalized spacial score (nSPS) is 10.6. The first-order chi connectivity index (χ1) is 9.58. The zero-order chi connectivity index (χ0) is 14.7. The van der Waals surface area contributed by atoms with E-state index in [4.69, 9.17) is 5.73 Å². The Bertz CT molecular complexity index is 631. The lowest BCUT2D eigenvalue weighted by Gasteiger charge is -2.12. The lowest BCUT2D eigenvalue weighted by atomic mass is 10.1. The topological polar surface area (TPSA) is 83.8 Å². The Hall–Kier alpha value is -2.30. The number of hydrogen-bond acceptors (Lipinski definition) is 3. The number of aromatic amines is 1. The van der Waals surface area contributed by atoms with E-state index in [-0.39, 0.29) is 11.6 Å². The molecule has 0 aliphatic carbocycles. The summed E-state index contributed by atoms with van der Waals surface area (Å²) in [6.07, 6.45) is 1.57. The molecular weight excluding hydrogens is 252 g/mol. The molecule has 5 nitrogen and oxygen atoms in total. The van der Waals surface area contributed by atoms with Crippen LogP contribution in [0.15, 0.2) is 18.2 Å². The fraction of sp³-hybridized carbons (Fsp3) is 0.333. The van der Waals surface area contributed by atoms with Crippen molar-refractivity contribution in [1.29, 1.82) is 0 Å². The average Bonchev–Trinajstić information content (AvgIpc) is 2.82. The Morgan fingerprint density at radius 2 is 2.10 bits per heavy atom. The van der Waals surface area contributed by atoms with Gasteiger partial charge in [-0.3, -0.25) is 9.89 Å². The molecule has 0 radical (unpaired) electrons. The largest absolute Gasteiger partial charge is 0.395 e. The standard InChI is InChI=1S/C15H20N4O/c1-4-10-8-6-7-9(3)13(10)17-15(20)14-12(16)11(5-2)18-19-14/h6-8H,4-5,16H2,1-3H3,(H,17,20)(H,18,19). The molecule has 1 aromatic heterocycles. The van der Waals surface area contributed by atoms with Crippen LogP contribution in [0.2, 0.25) is 0 Å². The minimum absolute atomic E-state index is 0.257. The molecule has 0 saturated carbocycles. The van der Waals surface area contributed by atoms with Crippen LogP contribution in [0.1, 0.15) is 41.2 Å². The summed E-state index contributed by atoms with van der Waals surface area (Å²) in [6.45, 7) is 5.99. The Labute approximate surface area is 118 Å². The molecule has 0 aliphatic heterocycles. The van der Waals surface area contributed by atoms with Crippen LogP contribution in [0.4, 0.5) is 11.4 Å². The van der Waals surface area contributed by atoms with Crippen LogP contribution in [-0.4, -0.2) is 16.1 Å². The number of carbonyl (C=O) groups is 1. The predicted octanol–water partition coefficient (Wildman–Crippen LogP) is 2.68. The van der Waals surface area contributed by atoms with Crippen LogP contribution >= 0.6 is 0 Å². The van der Waals surface area contributed by atoms with Gasteiger partial charge >= 0.3 is 0 Å². The first-order valence-corrected chi connectivity index (χ1v) is 6.81. The predicted molar refractivity (Wildman–Crippen MR) is 80.9 cm³/mol. The third kappa shape index (κ3) is 2.52. The lowest BCUT2D eigenvalue weighted by Crippen LogP contribution is -2.16. The van der Waals surface area contributed by atoms with Crippen molar-refractivity contribution < 1.29 is 4.79 Å². The number of nitrogens with two attached hydrogens (primary N) is 1. The van der Waals surface area contributed by atoms with Crippen molar-refractivity contribution in [2.75, 3.05) is 11.1 Å². The summed E-state index contributed by atoms with van der Waals surface area (Å²) in [5.74, 6) is -0.276. The third-order valence-corrected chi connectivity index (χ3v) is 3.43. The van der Waals surface area contributed by atoms with Gasteiger partial charge in [0.05, 0.1) is 11.4 Å². The molecular formula is C15H20N4O. The molecule has 20 heavy (non-hydrogen) atoms. The SMILES string of the molecule is CCc1cccc(C)c1NC(=O)c1n[nH]c(CC)c1N. The summed E-state index contributed by atoms with van der Waals surface area (Å²) < 4.78 is 0. The molecule has 1 aromatic carbocycles. The maximum absolute atomic E-state index is 12.3. The van der Waals surface area contributed by atoms with E-state index in [1.165, 1.54) is 0 Å². The Kier molecular flexibility index (Phi) is 4.08. The third-order valence-electron chi connectivity index (χ3n) is 3.43. The highest BCUT2D eigenvalue weighted by Crippen LogP contribution is 2.23. The zero-order valence-corrected chi connectivity index (χ0v) is 12.1. The van der Waals surface area contributed by atoms with Crippen LogP contribution in [0.25, 0.3) is 0 Å². The van der Waals surface area contributed by atoms with Crippen molar-refractivity contribution in [3.05, 3.63) is 40.7 Å². The summed E-state index contributed by atoms with van der Waals surface area (Å²) >= 11 is 0. The molecule has 0 aliphatic rings. The van der Waals surface area contributed by atoms with Crippen LogP contribution in [0.5, 0.6) is 0 Å². The minimum Gasteiger partial charge on any atom is -0.395 e. The van der Waals surface area contributed by atoms with Gasteiger partial charge in [-0.05, 0) is 30.9 Å². The molecule has 1 heterocycles. The Morgan fingerprint density at radius 3 is 2.70 bits per heavy atom. The number of aromatic nitrogens is 2. The second-order valence-corrected chi connectivity index (χ2v) is 4.73. The second kappa shape index (κ2) is 5.77. The zero-order valence-electron chi connectivity index (χ0n) is 12.1. The van der Waals surface area contributed by atoms with Gasteiger partial charge in [0.2, 0.25) is 0 Å². The van der Waals surface area contributed by atoms with Crippen molar-refractivity contribution in [2.24, 2.45) is 0 Å². The van der Waals surface area contributed by atoms with E-state index >= 15 is 0 Å². The number of nitrogens with zero attached hydrogens (tertiary/aromatic N) is 1. The van der Waals surface area contributed by atoms with Crippen LogP contribution in [-0.2, 0) is 12.8 Å². The van der Waals surface area contributed by atoms with Gasteiger partial charge in [0.15, 0.2) is 5.69 Å². The van der Waals surface area contributed by atoms with Gasteiger partial charge in [0.1, 0.15) is 0 Å². The van der Waals surface area contributed by atoms with E-state index in [1.807, 2.05) is 32.0 Å². The molecule has 0 unspecified atom stereocenters.